The third-order valence-electron chi connectivity index (χ3n) is 2.50. The monoisotopic (exact) mass is 231 g/mol. The van der Waals surface area contributed by atoms with Crippen molar-refractivity contribution >= 4 is 0 Å². The minimum absolute atomic E-state index is 0.266. The predicted octanol–water partition coefficient (Wildman–Crippen LogP) is 2.09. The van der Waals surface area contributed by atoms with Crippen molar-refractivity contribution in [2.45, 2.75) is 13.3 Å². The van der Waals surface area contributed by atoms with E-state index in [2.05, 4.69) is 9.97 Å². The average Bonchev–Trinajstić information content (AvgIpc) is 2.32. The van der Waals surface area contributed by atoms with Crippen LogP contribution in [0, 0.1) is 12.7 Å². The number of hydrogen-bond acceptors (Lipinski definition) is 3. The number of aryl methyl sites for hydroxylation is 1. The number of nitrogens with two attached hydrogens (primary N) is 1. The topological polar surface area (TPSA) is 51.8 Å². The van der Waals surface area contributed by atoms with E-state index >= 15 is 0 Å². The van der Waals surface area contributed by atoms with Gasteiger partial charge in [-0.2, -0.15) is 0 Å². The van der Waals surface area contributed by atoms with E-state index in [1.807, 2.05) is 13.0 Å². The van der Waals surface area contributed by atoms with Gasteiger partial charge in [-0.25, -0.2) is 14.4 Å². The maximum absolute atomic E-state index is 13.2. The zero-order chi connectivity index (χ0) is 12.3. The summed E-state index contributed by atoms with van der Waals surface area (Å²) in [7, 11) is 0. The highest BCUT2D eigenvalue weighted by molar-refractivity contribution is 5.62. The molecule has 3 nitrogen and oxygen atoms in total. The van der Waals surface area contributed by atoms with Gasteiger partial charge in [0.25, 0.3) is 0 Å². The fraction of sp³-hybridized carbons (Fsp3) is 0.231. The van der Waals surface area contributed by atoms with Crippen LogP contribution in [0.4, 0.5) is 4.39 Å². The molecule has 0 saturated carbocycles. The molecule has 0 amide bonds. The second-order valence-electron chi connectivity index (χ2n) is 3.84. The molecule has 17 heavy (non-hydrogen) atoms. The molecule has 0 unspecified atom stereocenters. The van der Waals surface area contributed by atoms with E-state index in [-0.39, 0.29) is 5.82 Å². The molecule has 1 aromatic heterocycles. The molecule has 4 heteroatoms. The molecule has 2 N–H and O–H groups in total. The predicted molar refractivity (Wildman–Crippen MR) is 64.9 cm³/mol. The Balaban J connectivity index is 2.52. The van der Waals surface area contributed by atoms with Crippen LogP contribution in [-0.2, 0) is 6.42 Å². The summed E-state index contributed by atoms with van der Waals surface area (Å²) < 4.78 is 13.2. The van der Waals surface area contributed by atoms with E-state index in [9.17, 15) is 4.39 Å². The molecule has 0 saturated heterocycles. The Morgan fingerprint density at radius 2 is 2.18 bits per heavy atom. The third-order valence-corrected chi connectivity index (χ3v) is 2.50. The number of hydrogen-bond donors (Lipinski definition) is 1. The van der Waals surface area contributed by atoms with Crippen molar-refractivity contribution in [3.8, 4) is 11.3 Å². The molecule has 1 heterocycles. The SMILES string of the molecule is Cc1ncc(CCN)c(-c2cccc(F)c2)n1. The number of aromatic nitrogens is 2. The number of nitrogens with zero attached hydrogens (tertiary/aromatic N) is 2. The van der Waals surface area contributed by atoms with Crippen molar-refractivity contribution in [2.75, 3.05) is 6.54 Å². The molecule has 2 rings (SSSR count). The summed E-state index contributed by atoms with van der Waals surface area (Å²) in [6.07, 6.45) is 2.45. The summed E-state index contributed by atoms with van der Waals surface area (Å²) in [5, 5.41) is 0. The zero-order valence-electron chi connectivity index (χ0n) is 9.65. The van der Waals surface area contributed by atoms with E-state index < -0.39 is 0 Å². The number of halogens is 1. The van der Waals surface area contributed by atoms with Crippen LogP contribution in [0.5, 0.6) is 0 Å². The number of benzene rings is 1. The van der Waals surface area contributed by atoms with Gasteiger partial charge in [0.2, 0.25) is 0 Å². The average molecular weight is 231 g/mol. The van der Waals surface area contributed by atoms with Crippen LogP contribution in [0.1, 0.15) is 11.4 Å². The van der Waals surface area contributed by atoms with Gasteiger partial charge in [-0.15, -0.1) is 0 Å². The molecule has 0 aliphatic heterocycles. The summed E-state index contributed by atoms with van der Waals surface area (Å²) in [6, 6.07) is 6.40. The van der Waals surface area contributed by atoms with Gasteiger partial charge in [0.15, 0.2) is 0 Å². The molecule has 2 aromatic rings. The van der Waals surface area contributed by atoms with Crippen molar-refractivity contribution in [1.29, 1.82) is 0 Å². The van der Waals surface area contributed by atoms with Crippen molar-refractivity contribution in [3.05, 3.63) is 47.7 Å². The second kappa shape index (κ2) is 5.01. The van der Waals surface area contributed by atoms with Gasteiger partial charge in [0.05, 0.1) is 5.69 Å². The van der Waals surface area contributed by atoms with Gasteiger partial charge in [-0.1, -0.05) is 12.1 Å². The highest BCUT2D eigenvalue weighted by Gasteiger charge is 2.08. The van der Waals surface area contributed by atoms with E-state index in [0.717, 1.165) is 16.8 Å². The molecule has 1 aromatic carbocycles. The summed E-state index contributed by atoms with van der Waals surface area (Å²) in [4.78, 5) is 8.52. The van der Waals surface area contributed by atoms with Crippen molar-refractivity contribution < 1.29 is 4.39 Å². The Morgan fingerprint density at radius 3 is 2.88 bits per heavy atom. The van der Waals surface area contributed by atoms with Crippen LogP contribution in [-0.4, -0.2) is 16.5 Å². The first-order valence-electron chi connectivity index (χ1n) is 5.49. The largest absolute Gasteiger partial charge is 0.330 e. The maximum Gasteiger partial charge on any atom is 0.125 e. The van der Waals surface area contributed by atoms with Crippen molar-refractivity contribution in [2.24, 2.45) is 5.73 Å². The van der Waals surface area contributed by atoms with E-state index in [0.29, 0.717) is 18.8 Å². The highest BCUT2D eigenvalue weighted by atomic mass is 19.1. The Kier molecular flexibility index (Phi) is 3.44. The fourth-order valence-electron chi connectivity index (χ4n) is 1.72. The van der Waals surface area contributed by atoms with Crippen molar-refractivity contribution in [1.82, 2.24) is 9.97 Å². The summed E-state index contributed by atoms with van der Waals surface area (Å²) in [5.74, 6) is 0.405. The quantitative estimate of drug-likeness (QED) is 0.880. The zero-order valence-corrected chi connectivity index (χ0v) is 9.65. The Bertz CT molecular complexity index is 526. The minimum atomic E-state index is -0.266. The van der Waals surface area contributed by atoms with Crippen LogP contribution in [0.2, 0.25) is 0 Å². The smallest absolute Gasteiger partial charge is 0.125 e. The molecule has 0 atom stereocenters. The minimum Gasteiger partial charge on any atom is -0.330 e. The van der Waals surface area contributed by atoms with Crippen LogP contribution in [0.15, 0.2) is 30.5 Å². The van der Waals surface area contributed by atoms with Crippen LogP contribution in [0.25, 0.3) is 11.3 Å². The highest BCUT2D eigenvalue weighted by Crippen LogP contribution is 2.22. The summed E-state index contributed by atoms with van der Waals surface area (Å²) >= 11 is 0. The van der Waals surface area contributed by atoms with Gasteiger partial charge in [0, 0.05) is 11.8 Å². The first kappa shape index (κ1) is 11.7. The normalized spacial score (nSPS) is 10.5. The Labute approximate surface area is 99.5 Å². The van der Waals surface area contributed by atoms with Crippen molar-refractivity contribution in [3.63, 3.8) is 0 Å². The van der Waals surface area contributed by atoms with E-state index in [4.69, 9.17) is 5.73 Å². The lowest BCUT2D eigenvalue weighted by Gasteiger charge is -2.08. The summed E-state index contributed by atoms with van der Waals surface area (Å²) in [6.45, 7) is 2.34. The molecule has 0 aliphatic carbocycles. The van der Waals surface area contributed by atoms with Gasteiger partial charge < -0.3 is 5.73 Å². The molecule has 0 radical (unpaired) electrons. The molecule has 0 aliphatic rings. The molecule has 88 valence electrons. The lowest BCUT2D eigenvalue weighted by molar-refractivity contribution is 0.628. The van der Waals surface area contributed by atoms with Gasteiger partial charge >= 0.3 is 0 Å². The molecule has 0 fully saturated rings. The van der Waals surface area contributed by atoms with E-state index in [1.165, 1.54) is 12.1 Å². The Hall–Kier alpha value is -1.81. The standard InChI is InChI=1S/C13H14FN3/c1-9-16-8-11(5-6-15)13(17-9)10-3-2-4-12(14)7-10/h2-4,7-8H,5-6,15H2,1H3. The Morgan fingerprint density at radius 1 is 1.35 bits per heavy atom. The van der Waals surface area contributed by atoms with Crippen LogP contribution >= 0.6 is 0 Å². The van der Waals surface area contributed by atoms with Gasteiger partial charge in [0.1, 0.15) is 11.6 Å². The lowest BCUT2D eigenvalue weighted by atomic mass is 10.0. The molecule has 0 bridgehead atoms. The molecular weight excluding hydrogens is 217 g/mol. The summed E-state index contributed by atoms with van der Waals surface area (Å²) in [5.41, 5.74) is 8.02. The second-order valence-corrected chi connectivity index (χ2v) is 3.84. The first-order chi connectivity index (χ1) is 8.20. The van der Waals surface area contributed by atoms with Crippen LogP contribution < -0.4 is 5.73 Å². The maximum atomic E-state index is 13.2. The first-order valence-corrected chi connectivity index (χ1v) is 5.49. The third kappa shape index (κ3) is 2.65. The molecular formula is C13H14FN3. The lowest BCUT2D eigenvalue weighted by Crippen LogP contribution is -2.06. The molecule has 0 spiro atoms. The number of rotatable bonds is 3. The van der Waals surface area contributed by atoms with E-state index in [1.54, 1.807) is 12.3 Å². The van der Waals surface area contributed by atoms with Gasteiger partial charge in [-0.05, 0) is 37.6 Å². The fourth-order valence-corrected chi connectivity index (χ4v) is 1.72. The van der Waals surface area contributed by atoms with Gasteiger partial charge in [-0.3, -0.25) is 0 Å². The van der Waals surface area contributed by atoms with Crippen LogP contribution in [0.3, 0.4) is 0 Å².